The number of hydrogen-bond donors (Lipinski definition) is 0. The van der Waals surface area contributed by atoms with Crippen molar-refractivity contribution in [2.24, 2.45) is 0 Å². The maximum atomic E-state index is 4.61. The number of benzene rings is 13. The average molecular weight is 1140 g/mol. The summed E-state index contributed by atoms with van der Waals surface area (Å²) in [6.07, 6.45) is 7.74. The summed E-state index contributed by atoms with van der Waals surface area (Å²) in [5.74, 6) is 0. The summed E-state index contributed by atoms with van der Waals surface area (Å²) >= 11 is 0. The summed E-state index contributed by atoms with van der Waals surface area (Å²) < 4.78 is 0. The molecule has 0 bridgehead atoms. The van der Waals surface area contributed by atoms with Crippen molar-refractivity contribution in [2.75, 3.05) is 4.90 Å². The first-order chi connectivity index (χ1) is 43.3. The van der Waals surface area contributed by atoms with Crippen LogP contribution in [-0.4, -0.2) is 0 Å². The molecule has 0 saturated heterocycles. The minimum absolute atomic E-state index is 0.878. The maximum Gasteiger partial charge on any atom is 0.0462 e. The van der Waals surface area contributed by atoms with Gasteiger partial charge in [-0.25, -0.2) is 0 Å². The monoisotopic (exact) mass is 1140 g/mol. The molecule has 0 N–H and O–H groups in total. The van der Waals surface area contributed by atoms with Gasteiger partial charge in [0.2, 0.25) is 0 Å². The van der Waals surface area contributed by atoms with Crippen molar-refractivity contribution >= 4 is 76.9 Å². The van der Waals surface area contributed by atoms with E-state index in [0.717, 1.165) is 29.1 Å². The normalized spacial score (nSPS) is 14.9. The zero-order chi connectivity index (χ0) is 61.2. The maximum absolute atomic E-state index is 4.61. The van der Waals surface area contributed by atoms with Gasteiger partial charge in [0.25, 0.3) is 0 Å². The third-order valence-electron chi connectivity index (χ3n) is 19.7. The molecule has 0 atom stereocenters. The molecule has 0 fully saturated rings. The number of rotatable bonds is 9. The smallest absolute Gasteiger partial charge is 0.0462 e. The van der Waals surface area contributed by atoms with Gasteiger partial charge < -0.3 is 4.90 Å². The van der Waals surface area contributed by atoms with Gasteiger partial charge in [0.05, 0.1) is 0 Å². The lowest BCUT2D eigenvalue weighted by Gasteiger charge is -2.26. The topological polar surface area (TPSA) is 3.24 Å². The molecular formula is C88H73N. The quantitative estimate of drug-likeness (QED) is 0.130. The molecule has 1 aliphatic rings. The van der Waals surface area contributed by atoms with Gasteiger partial charge in [-0.15, -0.1) is 0 Å². The van der Waals surface area contributed by atoms with Gasteiger partial charge in [-0.1, -0.05) is 212 Å². The van der Waals surface area contributed by atoms with Crippen LogP contribution >= 0.6 is 0 Å². The fourth-order valence-electron chi connectivity index (χ4n) is 14.5. The van der Waals surface area contributed by atoms with Gasteiger partial charge in [0, 0.05) is 17.1 Å². The molecule has 0 aromatic heterocycles. The Balaban J connectivity index is 0.823. The first-order valence-electron chi connectivity index (χ1n) is 31.4. The van der Waals surface area contributed by atoms with Crippen molar-refractivity contribution in [3.8, 4) is 55.6 Å². The highest BCUT2D eigenvalue weighted by atomic mass is 15.1. The van der Waals surface area contributed by atoms with E-state index in [2.05, 4.69) is 329 Å². The Morgan fingerprint density at radius 3 is 1.03 bits per heavy atom. The number of hydrogen-bond acceptors (Lipinski definition) is 1. The lowest BCUT2D eigenvalue weighted by atomic mass is 9.88. The van der Waals surface area contributed by atoms with Crippen molar-refractivity contribution in [2.45, 2.75) is 68.7 Å². The molecule has 0 aliphatic heterocycles. The molecule has 430 valence electrons. The van der Waals surface area contributed by atoms with E-state index < -0.39 is 0 Å². The summed E-state index contributed by atoms with van der Waals surface area (Å²) in [6, 6.07) is 88.2. The van der Waals surface area contributed by atoms with Gasteiger partial charge >= 0.3 is 0 Å². The van der Waals surface area contributed by atoms with Crippen LogP contribution in [0, 0.1) is 48.5 Å². The second-order valence-corrected chi connectivity index (χ2v) is 24.7. The molecule has 0 heterocycles. The Morgan fingerprint density at radius 2 is 0.618 bits per heavy atom. The lowest BCUT2D eigenvalue weighted by Crippen LogP contribution is -2.28. The minimum atomic E-state index is 0.878. The van der Waals surface area contributed by atoms with Crippen molar-refractivity contribution in [3.05, 3.63) is 322 Å². The number of nitrogens with zero attached hydrogens (tertiary/aromatic N) is 1. The van der Waals surface area contributed by atoms with Crippen molar-refractivity contribution in [1.29, 1.82) is 0 Å². The summed E-state index contributed by atoms with van der Waals surface area (Å²) in [4.78, 5) is 2.40. The van der Waals surface area contributed by atoms with Gasteiger partial charge in [-0.05, 0) is 294 Å². The SMILES string of the molecule is C=C1/C=C(c2cccc(-c3ccc(N(c4ccc(-c5cccc(-c6ccc7c(C)c8ccccc8c(C)c7c6)c5C)cc4)c4ccc(-c5cccc(-c6ccc7c(C)c8ccccc8c(C)c7c6)c5C)cc4)cc3)c2C)\C=C/C/C(C)=c2/cccc/c2=C/1C. The first-order valence-corrected chi connectivity index (χ1v) is 31.4. The fourth-order valence-corrected chi connectivity index (χ4v) is 14.5. The molecule has 1 heteroatoms. The number of fused-ring (bicyclic) bond motifs is 5. The minimum Gasteiger partial charge on any atom is -0.311 e. The predicted octanol–water partition coefficient (Wildman–Crippen LogP) is 23.2. The van der Waals surface area contributed by atoms with Crippen LogP contribution in [0.25, 0.3) is 115 Å². The molecule has 0 unspecified atom stereocenters. The van der Waals surface area contributed by atoms with Crippen LogP contribution in [0.15, 0.2) is 267 Å². The molecule has 1 aliphatic carbocycles. The summed E-state index contributed by atoms with van der Waals surface area (Å²) in [6.45, 7) is 24.9. The van der Waals surface area contributed by atoms with Crippen LogP contribution in [0.4, 0.5) is 17.1 Å². The van der Waals surface area contributed by atoms with Gasteiger partial charge in [0.1, 0.15) is 0 Å². The van der Waals surface area contributed by atoms with Crippen LogP contribution in [0.1, 0.15) is 64.8 Å². The molecule has 13 aromatic carbocycles. The Bertz CT molecular complexity index is 5010. The Kier molecular flexibility index (Phi) is 14.6. The van der Waals surface area contributed by atoms with Crippen molar-refractivity contribution in [1.82, 2.24) is 0 Å². The predicted molar refractivity (Wildman–Crippen MR) is 386 cm³/mol. The molecule has 14 rings (SSSR count). The van der Waals surface area contributed by atoms with Crippen molar-refractivity contribution < 1.29 is 0 Å². The van der Waals surface area contributed by atoms with Crippen molar-refractivity contribution in [3.63, 3.8) is 0 Å². The lowest BCUT2D eigenvalue weighted by molar-refractivity contribution is 1.28. The average Bonchev–Trinajstić information content (AvgIpc) is 1.26. The van der Waals surface area contributed by atoms with E-state index in [9.17, 15) is 0 Å². The largest absolute Gasteiger partial charge is 0.311 e. The second kappa shape index (κ2) is 23.1. The molecule has 0 saturated carbocycles. The fraction of sp³-hybridized carbons (Fsp3) is 0.114. The van der Waals surface area contributed by atoms with E-state index >= 15 is 0 Å². The van der Waals surface area contributed by atoms with E-state index in [1.807, 2.05) is 0 Å². The zero-order valence-electron chi connectivity index (χ0n) is 52.6. The van der Waals surface area contributed by atoms with Crippen LogP contribution in [-0.2, 0) is 0 Å². The van der Waals surface area contributed by atoms with E-state index in [-0.39, 0.29) is 0 Å². The molecule has 0 spiro atoms. The zero-order valence-corrected chi connectivity index (χ0v) is 52.6. The summed E-state index contributed by atoms with van der Waals surface area (Å²) in [7, 11) is 0. The molecule has 89 heavy (non-hydrogen) atoms. The highest BCUT2D eigenvalue weighted by molar-refractivity contribution is 6.08. The highest BCUT2D eigenvalue weighted by Gasteiger charge is 2.20. The Labute approximate surface area is 524 Å². The molecular weight excluding hydrogens is 1070 g/mol. The van der Waals surface area contributed by atoms with Crippen LogP contribution in [0.3, 0.4) is 0 Å². The second-order valence-electron chi connectivity index (χ2n) is 24.7. The van der Waals surface area contributed by atoms with Crippen LogP contribution < -0.4 is 15.3 Å². The van der Waals surface area contributed by atoms with Crippen LogP contribution in [0.2, 0.25) is 0 Å². The molecule has 1 nitrogen and oxygen atoms in total. The van der Waals surface area contributed by atoms with E-state index in [1.54, 1.807) is 0 Å². The first kappa shape index (κ1) is 56.5. The Morgan fingerprint density at radius 1 is 0.292 bits per heavy atom. The number of anilines is 3. The number of allylic oxidation sites excluding steroid dienone is 5. The van der Waals surface area contributed by atoms with Gasteiger partial charge in [-0.2, -0.15) is 0 Å². The summed E-state index contributed by atoms with van der Waals surface area (Å²) in [5.41, 5.74) is 30.5. The van der Waals surface area contributed by atoms with E-state index in [4.69, 9.17) is 0 Å². The highest BCUT2D eigenvalue weighted by Crippen LogP contribution is 2.43. The van der Waals surface area contributed by atoms with E-state index in [1.165, 1.54) is 170 Å². The molecule has 0 radical (unpaired) electrons. The molecule has 13 aromatic rings. The standard InChI is InChI=1S/C88H73N/c1-54-21-17-22-67(51-55(2)56(3)80-24-12-11-23-73(54)80)77-32-18-29-74(57(77)4)64-35-43-70(44-36-64)89(71-45-37-65(38-46-71)75-30-19-33-78(58(75)5)68-41-49-85-60(7)81-25-13-15-27-83(81)62(9)87(85)52-68)72-47-39-66(40-48-72)76-31-20-34-79(59(76)6)69-42-50-86-61(8)82-26-14-16-28-84(82)63(10)88(86)53-69/h11-20,22-53H,2,21H2,1,3-10H3/b22-17-,67-51+,73-54-,80-56-. The van der Waals surface area contributed by atoms with Crippen LogP contribution in [0.5, 0.6) is 0 Å². The molecule has 0 amide bonds. The third kappa shape index (κ3) is 10.0. The number of aryl methyl sites for hydroxylation is 4. The Hall–Kier alpha value is -10.3. The van der Waals surface area contributed by atoms with E-state index in [0.29, 0.717) is 0 Å². The van der Waals surface area contributed by atoms with Gasteiger partial charge in [0.15, 0.2) is 0 Å². The summed E-state index contributed by atoms with van der Waals surface area (Å²) in [5, 5.41) is 13.1. The third-order valence-corrected chi connectivity index (χ3v) is 19.7. The van der Waals surface area contributed by atoms with Gasteiger partial charge in [-0.3, -0.25) is 0 Å².